The lowest BCUT2D eigenvalue weighted by Gasteiger charge is -2.42. The summed E-state index contributed by atoms with van der Waals surface area (Å²) in [6.45, 7) is 5.26. The number of hydrogen-bond acceptors (Lipinski definition) is 3. The minimum atomic E-state index is -0.356. The Kier molecular flexibility index (Phi) is 4.19. The molecule has 1 aliphatic heterocycles. The van der Waals surface area contributed by atoms with Crippen molar-refractivity contribution in [1.29, 1.82) is 0 Å². The summed E-state index contributed by atoms with van der Waals surface area (Å²) in [6, 6.07) is 0.0376. The summed E-state index contributed by atoms with van der Waals surface area (Å²) < 4.78 is 10.8. The highest BCUT2D eigenvalue weighted by Gasteiger charge is 2.38. The van der Waals surface area contributed by atoms with E-state index in [0.29, 0.717) is 6.61 Å². The molecule has 1 aliphatic carbocycles. The number of fused-ring (bicyclic) bond motifs is 1. The second-order valence-corrected chi connectivity index (χ2v) is 4.88. The fourth-order valence-electron chi connectivity index (χ4n) is 2.49. The zero-order valence-electron chi connectivity index (χ0n) is 11.3. The van der Waals surface area contributed by atoms with E-state index in [1.54, 1.807) is 7.11 Å². The number of carbonyl (C=O) groups excluding carboxylic acids is 1. The predicted molar refractivity (Wildman–Crippen MR) is 69.2 cm³/mol. The smallest absolute Gasteiger partial charge is 0.252 e. The number of methoxy groups -OCH3 is 1. The van der Waals surface area contributed by atoms with Crippen LogP contribution in [0.15, 0.2) is 23.8 Å². The number of hydrogen-bond donors (Lipinski definition) is 0. The third-order valence-electron chi connectivity index (χ3n) is 3.42. The Morgan fingerprint density at radius 2 is 2.28 bits per heavy atom. The second-order valence-electron chi connectivity index (χ2n) is 4.88. The Labute approximate surface area is 108 Å². The minimum absolute atomic E-state index is 0.0102. The lowest BCUT2D eigenvalue weighted by Crippen LogP contribution is -2.57. The van der Waals surface area contributed by atoms with Crippen molar-refractivity contribution in [3.63, 3.8) is 0 Å². The van der Waals surface area contributed by atoms with E-state index in [1.807, 2.05) is 24.8 Å². The normalized spacial score (nSPS) is 31.3. The van der Waals surface area contributed by atoms with Gasteiger partial charge in [0, 0.05) is 20.3 Å². The van der Waals surface area contributed by atoms with Crippen LogP contribution >= 0.6 is 0 Å². The topological polar surface area (TPSA) is 38.8 Å². The molecule has 1 heterocycles. The highest BCUT2D eigenvalue weighted by atomic mass is 16.5. The molecule has 0 N–H and O–H groups in total. The van der Waals surface area contributed by atoms with Crippen molar-refractivity contribution in [3.8, 4) is 0 Å². The lowest BCUT2D eigenvalue weighted by molar-refractivity contribution is -0.162. The Morgan fingerprint density at radius 3 is 3.00 bits per heavy atom. The van der Waals surface area contributed by atoms with Gasteiger partial charge in [0.15, 0.2) is 0 Å². The minimum Gasteiger partial charge on any atom is -0.385 e. The molecule has 0 aromatic carbocycles. The van der Waals surface area contributed by atoms with Crippen LogP contribution in [0.4, 0.5) is 0 Å². The van der Waals surface area contributed by atoms with E-state index in [2.05, 4.69) is 12.2 Å². The zero-order valence-corrected chi connectivity index (χ0v) is 11.3. The summed E-state index contributed by atoms with van der Waals surface area (Å²) in [5.41, 5.74) is 1.18. The first-order valence-electron chi connectivity index (χ1n) is 6.45. The van der Waals surface area contributed by atoms with E-state index in [4.69, 9.17) is 9.47 Å². The molecule has 3 atom stereocenters. The Balaban J connectivity index is 2.11. The van der Waals surface area contributed by atoms with Gasteiger partial charge in [-0.1, -0.05) is 23.8 Å². The number of amides is 1. The molecule has 4 heteroatoms. The van der Waals surface area contributed by atoms with Gasteiger partial charge in [-0.2, -0.15) is 0 Å². The molecule has 18 heavy (non-hydrogen) atoms. The number of rotatable bonds is 4. The predicted octanol–water partition coefficient (Wildman–Crippen LogP) is 1.52. The highest BCUT2D eigenvalue weighted by molar-refractivity contribution is 5.82. The van der Waals surface area contributed by atoms with Crippen LogP contribution in [0, 0.1) is 0 Å². The molecular weight excluding hydrogens is 230 g/mol. The molecule has 0 aromatic rings. The summed E-state index contributed by atoms with van der Waals surface area (Å²) in [5, 5.41) is 0. The van der Waals surface area contributed by atoms with E-state index in [-0.39, 0.29) is 24.2 Å². The maximum Gasteiger partial charge on any atom is 0.252 e. The molecule has 0 spiro atoms. The van der Waals surface area contributed by atoms with Crippen molar-refractivity contribution in [1.82, 2.24) is 4.90 Å². The van der Waals surface area contributed by atoms with Gasteiger partial charge in [0.05, 0.1) is 6.04 Å². The molecule has 1 saturated heterocycles. The molecule has 3 unspecified atom stereocenters. The quantitative estimate of drug-likeness (QED) is 0.711. The summed E-state index contributed by atoms with van der Waals surface area (Å²) in [5.74, 6) is 0.0757. The SMILES string of the molecule is COCCCN1C(=O)C(C)OC2C=CC(C)=CC21. The average molecular weight is 251 g/mol. The highest BCUT2D eigenvalue weighted by Crippen LogP contribution is 2.26. The van der Waals surface area contributed by atoms with Gasteiger partial charge in [-0.25, -0.2) is 0 Å². The lowest BCUT2D eigenvalue weighted by atomic mass is 9.96. The van der Waals surface area contributed by atoms with Crippen LogP contribution in [0.25, 0.3) is 0 Å². The summed E-state index contributed by atoms with van der Waals surface area (Å²) >= 11 is 0. The Morgan fingerprint density at radius 1 is 1.50 bits per heavy atom. The van der Waals surface area contributed by atoms with Gasteiger partial charge >= 0.3 is 0 Å². The first kappa shape index (κ1) is 13.3. The van der Waals surface area contributed by atoms with Crippen LogP contribution in [-0.4, -0.2) is 49.3 Å². The fourth-order valence-corrected chi connectivity index (χ4v) is 2.49. The summed E-state index contributed by atoms with van der Waals surface area (Å²) in [6.07, 6.45) is 6.70. The van der Waals surface area contributed by atoms with E-state index in [9.17, 15) is 4.79 Å². The van der Waals surface area contributed by atoms with E-state index in [0.717, 1.165) is 13.0 Å². The van der Waals surface area contributed by atoms with Crippen molar-refractivity contribution in [2.75, 3.05) is 20.3 Å². The van der Waals surface area contributed by atoms with Gasteiger partial charge in [-0.3, -0.25) is 4.79 Å². The van der Waals surface area contributed by atoms with Gasteiger partial charge in [-0.05, 0) is 20.3 Å². The molecule has 100 valence electrons. The molecule has 2 rings (SSSR count). The molecule has 0 saturated carbocycles. The van der Waals surface area contributed by atoms with Gasteiger partial charge in [-0.15, -0.1) is 0 Å². The standard InChI is InChI=1S/C14H21NO3/c1-10-5-6-13-12(9-10)15(7-4-8-17-3)14(16)11(2)18-13/h5-6,9,11-13H,4,7-8H2,1-3H3. The molecule has 1 amide bonds. The number of nitrogens with zero attached hydrogens (tertiary/aromatic N) is 1. The Bertz CT molecular complexity index is 375. The van der Waals surface area contributed by atoms with Gasteiger partial charge < -0.3 is 14.4 Å². The third-order valence-corrected chi connectivity index (χ3v) is 3.42. The van der Waals surface area contributed by atoms with Crippen LogP contribution in [0.5, 0.6) is 0 Å². The van der Waals surface area contributed by atoms with Gasteiger partial charge in [0.2, 0.25) is 0 Å². The first-order valence-corrected chi connectivity index (χ1v) is 6.45. The molecule has 0 radical (unpaired) electrons. The van der Waals surface area contributed by atoms with Gasteiger partial charge in [0.1, 0.15) is 12.2 Å². The molecule has 4 nitrogen and oxygen atoms in total. The van der Waals surface area contributed by atoms with Gasteiger partial charge in [0.25, 0.3) is 5.91 Å². The average Bonchev–Trinajstić information content (AvgIpc) is 2.35. The van der Waals surface area contributed by atoms with Crippen molar-refractivity contribution >= 4 is 5.91 Å². The van der Waals surface area contributed by atoms with Crippen molar-refractivity contribution in [3.05, 3.63) is 23.8 Å². The number of ether oxygens (including phenoxy) is 2. The Hall–Kier alpha value is -1.13. The largest absolute Gasteiger partial charge is 0.385 e. The summed E-state index contributed by atoms with van der Waals surface area (Å²) in [7, 11) is 1.68. The molecule has 1 fully saturated rings. The van der Waals surface area contributed by atoms with Crippen LogP contribution in [0.3, 0.4) is 0 Å². The van der Waals surface area contributed by atoms with E-state index < -0.39 is 0 Å². The van der Waals surface area contributed by atoms with Crippen LogP contribution < -0.4 is 0 Å². The van der Waals surface area contributed by atoms with Crippen LogP contribution in [0.2, 0.25) is 0 Å². The van der Waals surface area contributed by atoms with Crippen molar-refractivity contribution in [2.24, 2.45) is 0 Å². The molecule has 0 bridgehead atoms. The first-order chi connectivity index (χ1) is 8.63. The molecule has 2 aliphatic rings. The van der Waals surface area contributed by atoms with Crippen LogP contribution in [0.1, 0.15) is 20.3 Å². The monoisotopic (exact) mass is 251 g/mol. The van der Waals surface area contributed by atoms with Crippen LogP contribution in [-0.2, 0) is 14.3 Å². The number of allylic oxidation sites excluding steroid dienone is 2. The zero-order chi connectivity index (χ0) is 13.1. The molecule has 0 aromatic heterocycles. The maximum atomic E-state index is 12.2. The van der Waals surface area contributed by atoms with Crippen molar-refractivity contribution in [2.45, 2.75) is 38.5 Å². The second kappa shape index (κ2) is 5.67. The fraction of sp³-hybridized carbons (Fsp3) is 0.643. The van der Waals surface area contributed by atoms with Crippen molar-refractivity contribution < 1.29 is 14.3 Å². The number of carbonyl (C=O) groups is 1. The summed E-state index contributed by atoms with van der Waals surface area (Å²) in [4.78, 5) is 14.1. The molecular formula is C14H21NO3. The van der Waals surface area contributed by atoms with E-state index >= 15 is 0 Å². The van der Waals surface area contributed by atoms with E-state index in [1.165, 1.54) is 5.57 Å². The third kappa shape index (κ3) is 2.65. The number of morpholine rings is 1. The maximum absolute atomic E-state index is 12.2.